The summed E-state index contributed by atoms with van der Waals surface area (Å²) in [6.45, 7) is 9.05. The lowest BCUT2D eigenvalue weighted by molar-refractivity contribution is -0.137. The Kier molecular flexibility index (Phi) is 6.73. The number of nitrogens with one attached hydrogen (secondary N) is 2. The second kappa shape index (κ2) is 9.62. The quantitative estimate of drug-likeness (QED) is 0.376. The van der Waals surface area contributed by atoms with E-state index >= 15 is 0 Å². The average Bonchev–Trinajstić information content (AvgIpc) is 3.68. The van der Waals surface area contributed by atoms with Crippen molar-refractivity contribution in [2.45, 2.75) is 76.7 Å². The molecule has 0 spiro atoms. The third kappa shape index (κ3) is 5.15. The molecule has 1 aromatic carbocycles. The van der Waals surface area contributed by atoms with Crippen molar-refractivity contribution >= 4 is 36.2 Å². The summed E-state index contributed by atoms with van der Waals surface area (Å²) in [5.41, 5.74) is -0.696. The number of rotatable bonds is 7. The van der Waals surface area contributed by atoms with Crippen molar-refractivity contribution in [1.29, 1.82) is 5.41 Å². The molecule has 0 atom stereocenters. The molecule has 3 aliphatic rings. The predicted molar refractivity (Wildman–Crippen MR) is 145 cm³/mol. The number of hydrogen-bond donors (Lipinski definition) is 3. The van der Waals surface area contributed by atoms with Gasteiger partial charge in [-0.3, -0.25) is 14.2 Å². The van der Waals surface area contributed by atoms with E-state index in [2.05, 4.69) is 10.3 Å². The van der Waals surface area contributed by atoms with Crippen LogP contribution in [0.3, 0.4) is 0 Å². The van der Waals surface area contributed by atoms with Crippen LogP contribution in [0.15, 0.2) is 35.4 Å². The number of likely N-dealkylation sites (tertiary alicyclic amines) is 1. The van der Waals surface area contributed by atoms with Gasteiger partial charge >= 0.3 is 7.12 Å². The van der Waals surface area contributed by atoms with Crippen molar-refractivity contribution in [3.05, 3.63) is 46.5 Å². The van der Waals surface area contributed by atoms with Crippen LogP contribution in [0.5, 0.6) is 0 Å². The maximum atomic E-state index is 13.2. The normalized spacial score (nSPS) is 21.8. The van der Waals surface area contributed by atoms with Crippen molar-refractivity contribution < 1.29 is 19.2 Å². The van der Waals surface area contributed by atoms with Crippen LogP contribution in [0.2, 0.25) is 0 Å². The van der Waals surface area contributed by atoms with Gasteiger partial charge in [0.2, 0.25) is 5.91 Å². The average molecular weight is 521 g/mol. The minimum atomic E-state index is -1.11. The summed E-state index contributed by atoms with van der Waals surface area (Å²) in [5, 5.41) is 22.1. The molecule has 0 radical (unpaired) electrons. The first-order chi connectivity index (χ1) is 17.9. The second-order valence-corrected chi connectivity index (χ2v) is 11.7. The molecule has 3 fully saturated rings. The fourth-order valence-corrected chi connectivity index (χ4v) is 4.89. The molecule has 1 saturated carbocycles. The zero-order chi connectivity index (χ0) is 27.3. The summed E-state index contributed by atoms with van der Waals surface area (Å²) in [6, 6.07) is 7.48. The minimum absolute atomic E-state index is 0.0637. The molecule has 10 nitrogen and oxygen atoms in total. The van der Waals surface area contributed by atoms with Crippen molar-refractivity contribution in [2.75, 3.05) is 18.4 Å². The Balaban J connectivity index is 1.26. The highest BCUT2D eigenvalue weighted by Crippen LogP contribution is 2.36. The van der Waals surface area contributed by atoms with Crippen LogP contribution in [0.25, 0.3) is 0 Å². The monoisotopic (exact) mass is 521 g/mol. The van der Waals surface area contributed by atoms with Gasteiger partial charge in [0.15, 0.2) is 0 Å². The van der Waals surface area contributed by atoms with Gasteiger partial charge in [-0.05, 0) is 71.0 Å². The Morgan fingerprint density at radius 3 is 2.32 bits per heavy atom. The largest absolute Gasteiger partial charge is 0.494 e. The van der Waals surface area contributed by atoms with Gasteiger partial charge < -0.3 is 30.0 Å². The summed E-state index contributed by atoms with van der Waals surface area (Å²) < 4.78 is 13.6. The fraction of sp³-hybridized carbons (Fsp3) is 0.556. The van der Waals surface area contributed by atoms with Crippen LogP contribution >= 0.6 is 0 Å². The van der Waals surface area contributed by atoms with E-state index in [1.807, 2.05) is 56.9 Å². The zero-order valence-electron chi connectivity index (χ0n) is 22.5. The molecule has 11 heteroatoms. The van der Waals surface area contributed by atoms with Crippen molar-refractivity contribution in [1.82, 2.24) is 14.5 Å². The number of nitrogens with zero attached hydrogens (tertiary/aromatic N) is 3. The molecule has 5 rings (SSSR count). The molecule has 3 heterocycles. The molecule has 3 N–H and O–H groups in total. The van der Waals surface area contributed by atoms with Gasteiger partial charge in [0.25, 0.3) is 5.56 Å². The number of carbonyl (C=O) groups excluding carboxylic acids is 1. The van der Waals surface area contributed by atoms with E-state index in [0.29, 0.717) is 31.6 Å². The lowest BCUT2D eigenvalue weighted by atomic mass is 9.79. The molecule has 2 aliphatic heterocycles. The molecular weight excluding hydrogens is 485 g/mol. The molecule has 0 bridgehead atoms. The molecule has 1 aliphatic carbocycles. The fourth-order valence-electron chi connectivity index (χ4n) is 4.89. The number of amides is 1. The first-order valence-electron chi connectivity index (χ1n) is 13.3. The van der Waals surface area contributed by atoms with Crippen LogP contribution < -0.4 is 16.3 Å². The van der Waals surface area contributed by atoms with Crippen LogP contribution in [0.1, 0.15) is 58.9 Å². The number of benzene rings is 1. The van der Waals surface area contributed by atoms with Crippen LogP contribution in [-0.2, 0) is 20.6 Å². The summed E-state index contributed by atoms with van der Waals surface area (Å²) >= 11 is 0. The third-order valence-corrected chi connectivity index (χ3v) is 8.31. The van der Waals surface area contributed by atoms with Gasteiger partial charge in [0, 0.05) is 30.9 Å². The van der Waals surface area contributed by atoms with Crippen molar-refractivity contribution in [2.24, 2.45) is 5.92 Å². The molecule has 202 valence electrons. The SMILES string of the molecule is CC1(C)OB(c2ccc(Nc3ncn(CC4(O)CCN(C(=O)C5CC5)CC4)c(=O)c3C=N)cc2)OC1(C)C. The smallest absolute Gasteiger partial charge is 0.399 e. The lowest BCUT2D eigenvalue weighted by Crippen LogP contribution is -2.50. The number of hydrogen-bond acceptors (Lipinski definition) is 8. The maximum absolute atomic E-state index is 13.2. The highest BCUT2D eigenvalue weighted by atomic mass is 16.7. The van der Waals surface area contributed by atoms with E-state index in [1.165, 1.54) is 10.9 Å². The molecule has 2 aromatic rings. The number of aromatic nitrogens is 2. The Hall–Kier alpha value is -3.02. The molecule has 2 saturated heterocycles. The van der Waals surface area contributed by atoms with E-state index in [4.69, 9.17) is 14.7 Å². The van der Waals surface area contributed by atoms with Crippen LogP contribution in [0.4, 0.5) is 11.5 Å². The van der Waals surface area contributed by atoms with Gasteiger partial charge in [-0.2, -0.15) is 0 Å². The second-order valence-electron chi connectivity index (χ2n) is 11.7. The van der Waals surface area contributed by atoms with Crippen LogP contribution in [-0.4, -0.2) is 68.7 Å². The van der Waals surface area contributed by atoms with Crippen molar-refractivity contribution in [3.63, 3.8) is 0 Å². The predicted octanol–water partition coefficient (Wildman–Crippen LogP) is 2.05. The highest BCUT2D eigenvalue weighted by molar-refractivity contribution is 6.62. The summed E-state index contributed by atoms with van der Waals surface area (Å²) in [4.78, 5) is 31.7. The van der Waals surface area contributed by atoms with Gasteiger partial charge in [-0.25, -0.2) is 4.98 Å². The first-order valence-corrected chi connectivity index (χ1v) is 13.3. The van der Waals surface area contributed by atoms with Crippen LogP contribution in [0, 0.1) is 11.3 Å². The Bertz CT molecular complexity index is 1260. The number of carbonyl (C=O) groups is 1. The molecule has 1 amide bonds. The lowest BCUT2D eigenvalue weighted by Gasteiger charge is -2.38. The van der Waals surface area contributed by atoms with Gasteiger partial charge in [-0.1, -0.05) is 12.1 Å². The summed E-state index contributed by atoms with van der Waals surface area (Å²) in [5.74, 6) is 0.598. The van der Waals surface area contributed by atoms with E-state index in [0.717, 1.165) is 24.5 Å². The zero-order valence-corrected chi connectivity index (χ0v) is 22.5. The maximum Gasteiger partial charge on any atom is 0.494 e. The Labute approximate surface area is 223 Å². The Morgan fingerprint density at radius 1 is 1.16 bits per heavy atom. The molecule has 38 heavy (non-hydrogen) atoms. The number of piperidine rings is 1. The van der Waals surface area contributed by atoms with Crippen molar-refractivity contribution in [3.8, 4) is 0 Å². The minimum Gasteiger partial charge on any atom is -0.399 e. The molecular formula is C27H36BN5O5. The summed E-state index contributed by atoms with van der Waals surface area (Å²) in [6.07, 6.45) is 5.08. The van der Waals surface area contributed by atoms with E-state index in [1.54, 1.807) is 0 Å². The Morgan fingerprint density at radius 2 is 1.76 bits per heavy atom. The highest BCUT2D eigenvalue weighted by Gasteiger charge is 2.51. The van der Waals surface area contributed by atoms with Gasteiger partial charge in [0.1, 0.15) is 11.4 Å². The standard InChI is InChI=1S/C27H36BN5O5/c1-25(2)26(3,4)38-28(37-25)19-7-9-20(10-8-19)31-22-21(15-29)24(35)33(17-30-22)16-27(36)11-13-32(14-12-27)23(34)18-5-6-18/h7-10,15,17-18,29,31,36H,5-6,11-14,16H2,1-4H3. The molecule has 0 unspecified atom stereocenters. The number of anilines is 2. The van der Waals surface area contributed by atoms with Gasteiger partial charge in [0.05, 0.1) is 29.7 Å². The number of aliphatic hydroxyl groups is 1. The summed E-state index contributed by atoms with van der Waals surface area (Å²) in [7, 11) is -0.474. The van der Waals surface area contributed by atoms with E-state index in [-0.39, 0.29) is 29.8 Å². The van der Waals surface area contributed by atoms with E-state index in [9.17, 15) is 14.7 Å². The van der Waals surface area contributed by atoms with Gasteiger partial charge in [-0.15, -0.1) is 0 Å². The van der Waals surface area contributed by atoms with E-state index < -0.39 is 29.5 Å². The first kappa shape index (κ1) is 26.6. The molecule has 1 aromatic heterocycles. The topological polar surface area (TPSA) is 130 Å². The third-order valence-electron chi connectivity index (χ3n) is 8.31.